The Morgan fingerprint density at radius 3 is 2.03 bits per heavy atom. The zero-order chi connectivity index (χ0) is 24.9. The minimum absolute atomic E-state index is 0.111. The van der Waals surface area contributed by atoms with Gasteiger partial charge in [-0.25, -0.2) is 8.42 Å². The van der Waals surface area contributed by atoms with E-state index in [9.17, 15) is 13.2 Å². The molecule has 0 aliphatic carbocycles. The monoisotopic (exact) mass is 480 g/mol. The van der Waals surface area contributed by atoms with Crippen LogP contribution < -0.4 is 14.4 Å². The number of amides is 1. The zero-order valence-electron chi connectivity index (χ0n) is 20.3. The average molecular weight is 481 g/mol. The molecule has 180 valence electrons. The number of nitrogens with zero attached hydrogens (tertiary/aromatic N) is 1. The Balaban J connectivity index is 1.98. The van der Waals surface area contributed by atoms with Crippen molar-refractivity contribution < 1.29 is 17.9 Å². The van der Waals surface area contributed by atoms with E-state index in [2.05, 4.69) is 5.32 Å². The quantitative estimate of drug-likeness (QED) is 0.463. The number of ether oxygens (including phenoxy) is 1. The minimum Gasteiger partial charge on any atom is -0.495 e. The number of nitrogens with one attached hydrogen (secondary N) is 1. The summed E-state index contributed by atoms with van der Waals surface area (Å²) >= 11 is 0. The average Bonchev–Trinajstić information content (AvgIpc) is 2.82. The minimum atomic E-state index is -4.04. The summed E-state index contributed by atoms with van der Waals surface area (Å²) in [6.07, 6.45) is 0.674. The van der Waals surface area contributed by atoms with Crippen LogP contribution in [0.5, 0.6) is 5.75 Å². The summed E-state index contributed by atoms with van der Waals surface area (Å²) in [5.74, 6) is -0.0219. The predicted molar refractivity (Wildman–Crippen MR) is 136 cm³/mol. The van der Waals surface area contributed by atoms with Gasteiger partial charge in [-0.15, -0.1) is 0 Å². The number of hydrogen-bond donors (Lipinski definition) is 1. The molecular weight excluding hydrogens is 448 g/mol. The lowest BCUT2D eigenvalue weighted by Gasteiger charge is -2.27. The van der Waals surface area contributed by atoms with Crippen LogP contribution in [-0.4, -0.2) is 28.0 Å². The van der Waals surface area contributed by atoms with Crippen LogP contribution in [0.1, 0.15) is 41.6 Å². The topological polar surface area (TPSA) is 75.7 Å². The number of rotatable bonds is 9. The number of aryl methyl sites for hydroxylation is 3. The maximum atomic E-state index is 13.7. The highest BCUT2D eigenvalue weighted by atomic mass is 32.2. The van der Waals surface area contributed by atoms with Gasteiger partial charge in [0.15, 0.2) is 0 Å². The first kappa shape index (κ1) is 25.3. The maximum Gasteiger partial charge on any atom is 0.264 e. The molecule has 0 bridgehead atoms. The number of carbonyl (C=O) groups excluding carboxylic acids is 1. The van der Waals surface area contributed by atoms with Crippen LogP contribution in [0, 0.1) is 20.8 Å². The van der Waals surface area contributed by atoms with Crippen LogP contribution in [0.4, 0.5) is 5.69 Å². The first-order valence-corrected chi connectivity index (χ1v) is 12.7. The van der Waals surface area contributed by atoms with Gasteiger partial charge >= 0.3 is 0 Å². The van der Waals surface area contributed by atoms with Crippen molar-refractivity contribution in [2.75, 3.05) is 18.0 Å². The lowest BCUT2D eigenvalue weighted by Crippen LogP contribution is -2.42. The Bertz CT molecular complexity index is 1240. The van der Waals surface area contributed by atoms with Crippen molar-refractivity contribution >= 4 is 21.6 Å². The molecule has 0 fully saturated rings. The highest BCUT2D eigenvalue weighted by molar-refractivity contribution is 7.92. The maximum absolute atomic E-state index is 13.7. The molecule has 34 heavy (non-hydrogen) atoms. The van der Waals surface area contributed by atoms with Crippen molar-refractivity contribution in [3.63, 3.8) is 0 Å². The van der Waals surface area contributed by atoms with Gasteiger partial charge in [0, 0.05) is 0 Å². The van der Waals surface area contributed by atoms with Crippen molar-refractivity contribution in [1.29, 1.82) is 0 Å². The second-order valence-electron chi connectivity index (χ2n) is 8.44. The molecule has 0 aliphatic heterocycles. The molecule has 7 heteroatoms. The molecule has 3 rings (SSSR count). The molecule has 1 N–H and O–H groups in total. The van der Waals surface area contributed by atoms with Crippen LogP contribution in [0.3, 0.4) is 0 Å². The second kappa shape index (κ2) is 10.7. The first-order valence-electron chi connectivity index (χ1n) is 11.3. The van der Waals surface area contributed by atoms with Gasteiger partial charge < -0.3 is 10.1 Å². The number of hydrogen-bond acceptors (Lipinski definition) is 4. The van der Waals surface area contributed by atoms with Gasteiger partial charge in [-0.05, 0) is 62.6 Å². The van der Waals surface area contributed by atoms with Crippen molar-refractivity contribution in [3.8, 4) is 5.75 Å². The van der Waals surface area contributed by atoms with Gasteiger partial charge in [-0.1, -0.05) is 60.5 Å². The molecule has 0 unspecified atom stereocenters. The third-order valence-electron chi connectivity index (χ3n) is 5.72. The van der Waals surface area contributed by atoms with Crippen LogP contribution in [-0.2, 0) is 14.8 Å². The molecular formula is C27H32N2O4S. The van der Waals surface area contributed by atoms with Crippen molar-refractivity contribution in [2.24, 2.45) is 0 Å². The molecule has 0 aliphatic rings. The summed E-state index contributed by atoms with van der Waals surface area (Å²) in [5.41, 5.74) is 4.22. The lowest BCUT2D eigenvalue weighted by molar-refractivity contribution is -0.120. The Labute approximate surface area is 202 Å². The molecule has 0 radical (unpaired) electrons. The van der Waals surface area contributed by atoms with E-state index in [-0.39, 0.29) is 17.5 Å². The molecule has 6 nitrogen and oxygen atoms in total. The van der Waals surface area contributed by atoms with E-state index < -0.39 is 15.9 Å². The van der Waals surface area contributed by atoms with E-state index in [1.54, 1.807) is 36.4 Å². The highest BCUT2D eigenvalue weighted by Gasteiger charge is 2.30. The molecule has 3 aromatic carbocycles. The second-order valence-corrected chi connectivity index (χ2v) is 10.3. The lowest BCUT2D eigenvalue weighted by atomic mass is 10.0. The Morgan fingerprint density at radius 1 is 0.912 bits per heavy atom. The van der Waals surface area contributed by atoms with Gasteiger partial charge in [0.25, 0.3) is 10.0 Å². The summed E-state index contributed by atoms with van der Waals surface area (Å²) in [5, 5.41) is 3.00. The molecule has 3 aromatic rings. The van der Waals surface area contributed by atoms with E-state index in [0.29, 0.717) is 17.9 Å². The first-order chi connectivity index (χ1) is 16.1. The molecule has 0 aromatic heterocycles. The Hall–Kier alpha value is -3.32. The predicted octanol–water partition coefficient (Wildman–Crippen LogP) is 5.08. The summed E-state index contributed by atoms with van der Waals surface area (Å²) in [4.78, 5) is 13.3. The van der Waals surface area contributed by atoms with Crippen molar-refractivity contribution in [1.82, 2.24) is 5.32 Å². The fraction of sp³-hybridized carbons (Fsp3) is 0.296. The van der Waals surface area contributed by atoms with Crippen molar-refractivity contribution in [2.45, 2.75) is 45.1 Å². The van der Waals surface area contributed by atoms with E-state index in [1.165, 1.54) is 7.11 Å². The van der Waals surface area contributed by atoms with E-state index in [0.717, 1.165) is 26.6 Å². The van der Waals surface area contributed by atoms with Crippen LogP contribution in [0.15, 0.2) is 71.6 Å². The van der Waals surface area contributed by atoms with E-state index in [4.69, 9.17) is 4.74 Å². The van der Waals surface area contributed by atoms with Crippen LogP contribution in [0.2, 0.25) is 0 Å². The smallest absolute Gasteiger partial charge is 0.264 e. The number of benzene rings is 3. The molecule has 1 amide bonds. The Morgan fingerprint density at radius 2 is 1.47 bits per heavy atom. The highest BCUT2D eigenvalue weighted by Crippen LogP contribution is 2.33. The number of carbonyl (C=O) groups is 1. The zero-order valence-corrected chi connectivity index (χ0v) is 21.1. The SMILES string of the molecule is CC[C@@H](NC(=O)CN(c1cc(C)ccc1OC)S(=O)(=O)c1ccc(C)cc1)c1ccc(C)cc1. The van der Waals surface area contributed by atoms with Gasteiger partial charge in [-0.2, -0.15) is 0 Å². The number of sulfonamides is 1. The largest absolute Gasteiger partial charge is 0.495 e. The normalized spacial score (nSPS) is 12.1. The number of anilines is 1. The molecule has 0 saturated carbocycles. The fourth-order valence-electron chi connectivity index (χ4n) is 3.72. The summed E-state index contributed by atoms with van der Waals surface area (Å²) in [6.45, 7) is 7.37. The standard InChI is InChI=1S/C27H32N2O4S/c1-6-24(22-12-7-19(2)8-13-22)28-27(30)18-29(25-17-21(4)11-16-26(25)33-5)34(31,32)23-14-9-20(3)10-15-23/h7-17,24H,6,18H2,1-5H3,(H,28,30)/t24-/m1/s1. The van der Waals surface area contributed by atoms with E-state index in [1.807, 2.05) is 58.0 Å². The summed E-state index contributed by atoms with van der Waals surface area (Å²) in [6, 6.07) is 19.6. The summed E-state index contributed by atoms with van der Waals surface area (Å²) < 4.78 is 34.0. The summed E-state index contributed by atoms with van der Waals surface area (Å²) in [7, 11) is -2.55. The van der Waals surface area contributed by atoms with Gasteiger partial charge in [0.05, 0.1) is 23.7 Å². The molecule has 0 heterocycles. The van der Waals surface area contributed by atoms with Gasteiger partial charge in [-0.3, -0.25) is 9.10 Å². The fourth-order valence-corrected chi connectivity index (χ4v) is 5.15. The van der Waals surface area contributed by atoms with Crippen LogP contribution in [0.25, 0.3) is 0 Å². The molecule has 1 atom stereocenters. The third kappa shape index (κ3) is 5.78. The van der Waals surface area contributed by atoms with Crippen LogP contribution >= 0.6 is 0 Å². The number of methoxy groups -OCH3 is 1. The van der Waals surface area contributed by atoms with Gasteiger partial charge in [0.1, 0.15) is 12.3 Å². The molecule has 0 saturated heterocycles. The van der Waals surface area contributed by atoms with Gasteiger partial charge in [0.2, 0.25) is 5.91 Å². The molecule has 0 spiro atoms. The van der Waals surface area contributed by atoms with E-state index >= 15 is 0 Å². The van der Waals surface area contributed by atoms with Crippen molar-refractivity contribution in [3.05, 3.63) is 89.0 Å². The third-order valence-corrected chi connectivity index (χ3v) is 7.50. The Kier molecular flexibility index (Phi) is 7.99.